The van der Waals surface area contributed by atoms with Gasteiger partial charge in [0.2, 0.25) is 5.91 Å². The minimum absolute atomic E-state index is 0.145. The molecular weight excluding hydrogens is 269 g/mol. The summed E-state index contributed by atoms with van der Waals surface area (Å²) in [7, 11) is 0. The van der Waals surface area contributed by atoms with Crippen molar-refractivity contribution < 1.29 is 18.0 Å². The Balaban J connectivity index is 2.16. The number of amides is 1. The van der Waals surface area contributed by atoms with Gasteiger partial charge in [-0.2, -0.15) is 13.2 Å². The molecule has 0 saturated carbocycles. The average molecular weight is 286 g/mol. The number of aryl methyl sites for hydroxylation is 1. The zero-order chi connectivity index (χ0) is 14.9. The standard InChI is InChI=1S/C14H17F3N2O/c1-8-3-4-10(5-12(8)14(15,16)17)19-13(20)11-7-18-6-9(11)2/h3-5,9,11,18H,6-7H2,1-2H3,(H,19,20)/t9-,11-/m1/s1. The van der Waals surface area contributed by atoms with Crippen LogP contribution >= 0.6 is 0 Å². The normalized spacial score (nSPS) is 22.9. The number of anilines is 1. The number of nitrogens with one attached hydrogen (secondary N) is 2. The van der Waals surface area contributed by atoms with Crippen molar-refractivity contribution in [2.75, 3.05) is 18.4 Å². The summed E-state index contributed by atoms with van der Waals surface area (Å²) in [5, 5.41) is 5.67. The Hall–Kier alpha value is -1.56. The van der Waals surface area contributed by atoms with Crippen molar-refractivity contribution in [1.29, 1.82) is 0 Å². The van der Waals surface area contributed by atoms with Gasteiger partial charge in [-0.25, -0.2) is 0 Å². The van der Waals surface area contributed by atoms with Gasteiger partial charge in [0.05, 0.1) is 11.5 Å². The minimum Gasteiger partial charge on any atom is -0.326 e. The fraction of sp³-hybridized carbons (Fsp3) is 0.500. The van der Waals surface area contributed by atoms with Gasteiger partial charge in [-0.1, -0.05) is 13.0 Å². The summed E-state index contributed by atoms with van der Waals surface area (Å²) in [6, 6.07) is 3.85. The van der Waals surface area contributed by atoms with Crippen LogP contribution in [0.2, 0.25) is 0 Å². The van der Waals surface area contributed by atoms with E-state index in [0.717, 1.165) is 12.6 Å². The Labute approximate surface area is 115 Å². The van der Waals surface area contributed by atoms with Crippen LogP contribution < -0.4 is 10.6 Å². The van der Waals surface area contributed by atoms with Crippen molar-refractivity contribution in [2.45, 2.75) is 20.0 Å². The number of benzene rings is 1. The highest BCUT2D eigenvalue weighted by Gasteiger charge is 2.33. The minimum atomic E-state index is -4.41. The van der Waals surface area contributed by atoms with Gasteiger partial charge < -0.3 is 10.6 Å². The van der Waals surface area contributed by atoms with Crippen LogP contribution in [0, 0.1) is 18.8 Å². The average Bonchev–Trinajstić information content (AvgIpc) is 2.76. The first-order valence-electron chi connectivity index (χ1n) is 6.48. The highest BCUT2D eigenvalue weighted by molar-refractivity contribution is 5.93. The highest BCUT2D eigenvalue weighted by atomic mass is 19.4. The molecule has 1 aliphatic rings. The van der Waals surface area contributed by atoms with Gasteiger partial charge in [-0.3, -0.25) is 4.79 Å². The quantitative estimate of drug-likeness (QED) is 0.877. The maximum absolute atomic E-state index is 12.8. The number of alkyl halides is 3. The summed E-state index contributed by atoms with van der Waals surface area (Å²) in [4.78, 5) is 12.0. The van der Waals surface area contributed by atoms with Gasteiger partial charge in [0.1, 0.15) is 0 Å². The summed E-state index contributed by atoms with van der Waals surface area (Å²) in [6.45, 7) is 4.66. The second kappa shape index (κ2) is 5.44. The molecular formula is C14H17F3N2O. The van der Waals surface area contributed by atoms with Crippen molar-refractivity contribution >= 4 is 11.6 Å². The third kappa shape index (κ3) is 3.12. The summed E-state index contributed by atoms with van der Waals surface area (Å²) in [5.74, 6) is -0.257. The molecule has 1 heterocycles. The molecule has 0 bridgehead atoms. The van der Waals surface area contributed by atoms with Crippen LogP contribution in [-0.4, -0.2) is 19.0 Å². The maximum Gasteiger partial charge on any atom is 0.416 e. The first-order chi connectivity index (χ1) is 9.29. The number of rotatable bonds is 2. The van der Waals surface area contributed by atoms with E-state index in [1.54, 1.807) is 0 Å². The molecule has 1 fully saturated rings. The lowest BCUT2D eigenvalue weighted by atomic mass is 9.97. The predicted octanol–water partition coefficient (Wildman–Crippen LogP) is 2.81. The van der Waals surface area contributed by atoms with Gasteiger partial charge in [-0.05, 0) is 37.1 Å². The molecule has 20 heavy (non-hydrogen) atoms. The lowest BCUT2D eigenvalue weighted by Crippen LogP contribution is -2.28. The van der Waals surface area contributed by atoms with E-state index in [2.05, 4.69) is 10.6 Å². The van der Waals surface area contributed by atoms with Crippen LogP contribution in [0.3, 0.4) is 0 Å². The Bertz CT molecular complexity index is 514. The van der Waals surface area contributed by atoms with Crippen molar-refractivity contribution in [3.63, 3.8) is 0 Å². The van der Waals surface area contributed by atoms with E-state index >= 15 is 0 Å². The molecule has 0 unspecified atom stereocenters. The summed E-state index contributed by atoms with van der Waals surface area (Å²) in [6.07, 6.45) is -4.41. The van der Waals surface area contributed by atoms with Gasteiger partial charge in [0.15, 0.2) is 0 Å². The first-order valence-corrected chi connectivity index (χ1v) is 6.48. The van der Waals surface area contributed by atoms with Gasteiger partial charge in [-0.15, -0.1) is 0 Å². The smallest absolute Gasteiger partial charge is 0.326 e. The molecule has 2 N–H and O–H groups in total. The Morgan fingerprint density at radius 1 is 1.35 bits per heavy atom. The Morgan fingerprint density at radius 3 is 2.60 bits per heavy atom. The first kappa shape index (κ1) is 14.8. The zero-order valence-corrected chi connectivity index (χ0v) is 11.3. The van der Waals surface area contributed by atoms with E-state index in [-0.39, 0.29) is 29.0 Å². The Kier molecular flexibility index (Phi) is 4.04. The highest BCUT2D eigenvalue weighted by Crippen LogP contribution is 2.33. The predicted molar refractivity (Wildman–Crippen MR) is 70.3 cm³/mol. The van der Waals surface area contributed by atoms with E-state index in [1.807, 2.05) is 6.92 Å². The monoisotopic (exact) mass is 286 g/mol. The second-order valence-corrected chi connectivity index (χ2v) is 5.26. The van der Waals surface area contributed by atoms with Gasteiger partial charge >= 0.3 is 6.18 Å². The molecule has 0 spiro atoms. The van der Waals surface area contributed by atoms with E-state index in [1.165, 1.54) is 19.1 Å². The Morgan fingerprint density at radius 2 is 2.05 bits per heavy atom. The second-order valence-electron chi connectivity index (χ2n) is 5.26. The molecule has 1 saturated heterocycles. The van der Waals surface area contributed by atoms with Crippen LogP contribution in [0.4, 0.5) is 18.9 Å². The number of halogens is 3. The molecule has 1 aromatic carbocycles. The molecule has 2 rings (SSSR count). The maximum atomic E-state index is 12.8. The molecule has 6 heteroatoms. The van der Waals surface area contributed by atoms with Crippen LogP contribution in [0.15, 0.2) is 18.2 Å². The molecule has 1 amide bonds. The van der Waals surface area contributed by atoms with E-state index in [0.29, 0.717) is 6.54 Å². The molecule has 0 aromatic heterocycles. The molecule has 0 radical (unpaired) electrons. The van der Waals surface area contributed by atoms with Crippen LogP contribution in [0.5, 0.6) is 0 Å². The van der Waals surface area contributed by atoms with Crippen molar-refractivity contribution in [3.8, 4) is 0 Å². The number of hydrogen-bond donors (Lipinski definition) is 2. The van der Waals surface area contributed by atoms with Gasteiger partial charge in [0.25, 0.3) is 0 Å². The van der Waals surface area contributed by atoms with Crippen molar-refractivity contribution in [3.05, 3.63) is 29.3 Å². The van der Waals surface area contributed by atoms with Crippen molar-refractivity contribution in [1.82, 2.24) is 5.32 Å². The van der Waals surface area contributed by atoms with Gasteiger partial charge in [0, 0.05) is 12.2 Å². The summed E-state index contributed by atoms with van der Waals surface area (Å²) < 4.78 is 38.4. The molecule has 3 nitrogen and oxygen atoms in total. The van der Waals surface area contributed by atoms with Crippen LogP contribution in [0.1, 0.15) is 18.1 Å². The van der Waals surface area contributed by atoms with Crippen LogP contribution in [0.25, 0.3) is 0 Å². The number of hydrogen-bond acceptors (Lipinski definition) is 2. The summed E-state index contributed by atoms with van der Waals surface area (Å²) in [5.41, 5.74) is -0.383. The lowest BCUT2D eigenvalue weighted by molar-refractivity contribution is -0.138. The van der Waals surface area contributed by atoms with E-state index < -0.39 is 11.7 Å². The lowest BCUT2D eigenvalue weighted by Gasteiger charge is -2.16. The van der Waals surface area contributed by atoms with Crippen LogP contribution in [-0.2, 0) is 11.0 Å². The van der Waals surface area contributed by atoms with Crippen molar-refractivity contribution in [2.24, 2.45) is 11.8 Å². The third-order valence-corrected chi connectivity index (χ3v) is 3.66. The third-order valence-electron chi connectivity index (χ3n) is 3.66. The van der Waals surface area contributed by atoms with E-state index in [4.69, 9.17) is 0 Å². The fourth-order valence-electron chi connectivity index (χ4n) is 2.40. The largest absolute Gasteiger partial charge is 0.416 e. The molecule has 2 atom stereocenters. The molecule has 110 valence electrons. The molecule has 0 aliphatic carbocycles. The zero-order valence-electron chi connectivity index (χ0n) is 11.3. The molecule has 1 aliphatic heterocycles. The van der Waals surface area contributed by atoms with E-state index in [9.17, 15) is 18.0 Å². The fourth-order valence-corrected chi connectivity index (χ4v) is 2.40. The number of carbonyl (C=O) groups excluding carboxylic acids is 1. The topological polar surface area (TPSA) is 41.1 Å². The number of carbonyl (C=O) groups is 1. The molecule has 1 aromatic rings. The summed E-state index contributed by atoms with van der Waals surface area (Å²) >= 11 is 0. The SMILES string of the molecule is Cc1ccc(NC(=O)[C@@H]2CNC[C@H]2C)cc1C(F)(F)F.